The van der Waals surface area contributed by atoms with Crippen LogP contribution in [0.2, 0.25) is 0 Å². The average molecular weight is 486 g/mol. The number of aliphatic carboxylic acids is 3. The molecule has 0 rings (SSSR count). The molecule has 0 aromatic rings. The van der Waals surface area contributed by atoms with Crippen LogP contribution in [0.4, 0.5) is 0 Å². The molecule has 0 saturated heterocycles. The summed E-state index contributed by atoms with van der Waals surface area (Å²) in [5.74, 6) is -5.98. The van der Waals surface area contributed by atoms with Crippen LogP contribution in [-0.4, -0.2) is 100 Å². The van der Waals surface area contributed by atoms with Crippen molar-refractivity contribution in [3.63, 3.8) is 0 Å². The number of carboxylic acid groups (broad SMARTS) is 3. The SMILES string of the molecule is O=C([O-])CC(O)(CC(=O)[O-])C(=O)[O-].[Bi+3].[Sr+2]. The van der Waals surface area contributed by atoms with Crippen molar-refractivity contribution in [3.05, 3.63) is 0 Å². The third kappa shape index (κ3) is 8.53. The van der Waals surface area contributed by atoms with Gasteiger partial charge in [0.05, 0.1) is 5.97 Å². The first kappa shape index (κ1) is 21.1. The molecule has 0 aromatic heterocycles. The normalized spacial score (nSPS) is 9.40. The summed E-state index contributed by atoms with van der Waals surface area (Å²) in [5, 5.41) is 38.9. The van der Waals surface area contributed by atoms with E-state index in [4.69, 9.17) is 5.11 Å². The standard InChI is InChI=1S/C6H8O7.Bi.Sr/c7-3(8)1-6(13,5(11)12)2-4(9)10;;/h13H,1-2H2,(H,7,8)(H,9,10)(H,11,12);;/q;+3;+2/p-3. The molecule has 0 aliphatic heterocycles. The average Bonchev–Trinajstić information content (AvgIpc) is 1.82. The number of aliphatic hydroxyl groups is 1. The molecular formula is C6H5BiO7Sr+2. The fraction of sp³-hybridized carbons (Fsp3) is 0.500. The van der Waals surface area contributed by atoms with Gasteiger partial charge < -0.3 is 34.8 Å². The summed E-state index contributed by atoms with van der Waals surface area (Å²) in [4.78, 5) is 30.0. The van der Waals surface area contributed by atoms with Crippen molar-refractivity contribution in [3.8, 4) is 0 Å². The molecule has 0 saturated carbocycles. The Labute approximate surface area is 141 Å². The van der Waals surface area contributed by atoms with Crippen molar-refractivity contribution in [1.82, 2.24) is 0 Å². The minimum Gasteiger partial charge on any atom is -0.550 e. The number of carboxylic acids is 3. The smallest absolute Gasteiger partial charge is 0.550 e. The maximum Gasteiger partial charge on any atom is 3.00 e. The summed E-state index contributed by atoms with van der Waals surface area (Å²) in [6.45, 7) is 0. The molecular weight excluding hydrogens is 481 g/mol. The number of hydrogen-bond acceptors (Lipinski definition) is 7. The van der Waals surface area contributed by atoms with E-state index in [1.165, 1.54) is 0 Å². The zero-order valence-corrected chi connectivity index (χ0v) is 14.4. The van der Waals surface area contributed by atoms with Gasteiger partial charge in [-0.05, 0) is 0 Å². The first-order chi connectivity index (χ1) is 5.78. The summed E-state index contributed by atoms with van der Waals surface area (Å²) < 4.78 is 0. The molecule has 0 bridgehead atoms. The van der Waals surface area contributed by atoms with Crippen molar-refractivity contribution in [2.45, 2.75) is 18.4 Å². The molecule has 0 fully saturated rings. The van der Waals surface area contributed by atoms with Gasteiger partial charge >= 0.3 is 71.7 Å². The van der Waals surface area contributed by atoms with Gasteiger partial charge in [0.1, 0.15) is 5.60 Å². The molecule has 0 aromatic carbocycles. The van der Waals surface area contributed by atoms with Crippen LogP contribution in [0, 0.1) is 0 Å². The van der Waals surface area contributed by atoms with E-state index in [1.54, 1.807) is 0 Å². The second-order valence-electron chi connectivity index (χ2n) is 2.42. The molecule has 0 atom stereocenters. The van der Waals surface area contributed by atoms with Gasteiger partial charge in [-0.25, -0.2) is 0 Å². The Morgan fingerprint density at radius 2 is 1.27 bits per heavy atom. The van der Waals surface area contributed by atoms with Gasteiger partial charge in [-0.15, -0.1) is 0 Å². The number of hydrogen-bond donors (Lipinski definition) is 1. The zero-order chi connectivity index (χ0) is 10.6. The van der Waals surface area contributed by atoms with E-state index in [2.05, 4.69) is 0 Å². The molecule has 9 heteroatoms. The van der Waals surface area contributed by atoms with E-state index in [1.807, 2.05) is 0 Å². The summed E-state index contributed by atoms with van der Waals surface area (Å²) in [5.41, 5.74) is -2.97. The zero-order valence-electron chi connectivity index (χ0n) is 7.47. The second kappa shape index (κ2) is 8.84. The minimum absolute atomic E-state index is 0. The van der Waals surface area contributed by atoms with Gasteiger partial charge in [0, 0.05) is 24.8 Å². The van der Waals surface area contributed by atoms with E-state index in [9.17, 15) is 29.7 Å². The predicted molar refractivity (Wildman–Crippen MR) is 40.7 cm³/mol. The van der Waals surface area contributed by atoms with Gasteiger partial charge in [-0.3, -0.25) is 0 Å². The number of rotatable bonds is 5. The van der Waals surface area contributed by atoms with Crippen molar-refractivity contribution < 1.29 is 34.8 Å². The van der Waals surface area contributed by atoms with Crippen LogP contribution in [0.1, 0.15) is 12.8 Å². The van der Waals surface area contributed by atoms with Crippen molar-refractivity contribution >= 4 is 89.6 Å². The minimum atomic E-state index is -2.97. The Hall–Kier alpha value is 0.734. The molecule has 0 aliphatic rings. The Morgan fingerprint density at radius 3 is 1.40 bits per heavy atom. The topological polar surface area (TPSA) is 141 Å². The van der Waals surface area contributed by atoms with Crippen LogP contribution in [-0.2, 0) is 14.4 Å². The number of carbonyl (C=O) groups excluding carboxylic acids is 3. The third-order valence-corrected chi connectivity index (χ3v) is 1.25. The molecule has 2 radical (unpaired) electrons. The Bertz CT molecular complexity index is 238. The first-order valence-electron chi connectivity index (χ1n) is 3.11. The van der Waals surface area contributed by atoms with Crippen LogP contribution in [0.25, 0.3) is 0 Å². The third-order valence-electron chi connectivity index (χ3n) is 1.25. The van der Waals surface area contributed by atoms with Crippen LogP contribution in [0.15, 0.2) is 0 Å². The molecule has 0 heterocycles. The quantitative estimate of drug-likeness (QED) is 0.382. The van der Waals surface area contributed by atoms with Gasteiger partial charge in [0.2, 0.25) is 0 Å². The van der Waals surface area contributed by atoms with Crippen molar-refractivity contribution in [1.29, 1.82) is 0 Å². The Morgan fingerprint density at radius 1 is 1.00 bits per heavy atom. The molecule has 0 spiro atoms. The molecule has 0 amide bonds. The Kier molecular flexibility index (Phi) is 12.4. The van der Waals surface area contributed by atoms with Gasteiger partial charge in [0.15, 0.2) is 0 Å². The van der Waals surface area contributed by atoms with E-state index < -0.39 is 36.4 Å². The van der Waals surface area contributed by atoms with E-state index >= 15 is 0 Å². The maximum absolute atomic E-state index is 10.1. The van der Waals surface area contributed by atoms with Crippen LogP contribution < -0.4 is 15.3 Å². The monoisotopic (exact) mass is 486 g/mol. The fourth-order valence-electron chi connectivity index (χ4n) is 0.684. The van der Waals surface area contributed by atoms with E-state index in [0.717, 1.165) is 0 Å². The summed E-state index contributed by atoms with van der Waals surface area (Å²) in [6, 6.07) is 0. The van der Waals surface area contributed by atoms with E-state index in [-0.39, 0.29) is 71.7 Å². The van der Waals surface area contributed by atoms with Gasteiger partial charge in [-0.1, -0.05) is 0 Å². The summed E-state index contributed by atoms with van der Waals surface area (Å²) >= 11 is 0. The van der Waals surface area contributed by atoms with Crippen LogP contribution in [0.5, 0.6) is 0 Å². The van der Waals surface area contributed by atoms with Crippen molar-refractivity contribution in [2.75, 3.05) is 0 Å². The maximum atomic E-state index is 10.1. The molecule has 7 nitrogen and oxygen atoms in total. The Balaban J connectivity index is -0.000000720. The molecule has 15 heavy (non-hydrogen) atoms. The largest absolute Gasteiger partial charge is 3.00 e. The van der Waals surface area contributed by atoms with Gasteiger partial charge in [-0.2, -0.15) is 0 Å². The first-order valence-corrected chi connectivity index (χ1v) is 3.11. The van der Waals surface area contributed by atoms with Gasteiger partial charge in [0.25, 0.3) is 0 Å². The van der Waals surface area contributed by atoms with Crippen LogP contribution in [0.3, 0.4) is 0 Å². The van der Waals surface area contributed by atoms with E-state index in [0.29, 0.717) is 0 Å². The second-order valence-corrected chi connectivity index (χ2v) is 2.42. The molecule has 0 aliphatic carbocycles. The molecule has 0 unspecified atom stereocenters. The molecule has 1 N–H and O–H groups in total. The fourth-order valence-corrected chi connectivity index (χ4v) is 0.684. The predicted octanol–water partition coefficient (Wildman–Crippen LogP) is -6.01. The molecule has 76 valence electrons. The van der Waals surface area contributed by atoms with Crippen LogP contribution >= 0.6 is 0 Å². The number of carbonyl (C=O) groups is 3. The summed E-state index contributed by atoms with van der Waals surface area (Å²) in [6.07, 6.45) is -2.72. The summed E-state index contributed by atoms with van der Waals surface area (Å²) in [7, 11) is 0. The van der Waals surface area contributed by atoms with Crippen molar-refractivity contribution in [2.24, 2.45) is 0 Å².